The second kappa shape index (κ2) is 18.4. The van der Waals surface area contributed by atoms with Crippen LogP contribution in [-0.4, -0.2) is 118 Å². The molecule has 3 saturated heterocycles. The average Bonchev–Trinajstić information content (AvgIpc) is 3.53. The Bertz CT molecular complexity index is 2530. The Hall–Kier alpha value is -5.98. The molecule has 1 atom stereocenters. The molecule has 0 radical (unpaired) electrons. The predicted molar refractivity (Wildman–Crippen MR) is 242 cm³/mol. The normalized spacial score (nSPS) is 18.9. The first-order chi connectivity index (χ1) is 30.3. The Kier molecular flexibility index (Phi) is 12.7. The van der Waals surface area contributed by atoms with Crippen LogP contribution in [0.25, 0.3) is 0 Å². The van der Waals surface area contributed by atoms with Gasteiger partial charge in [0.1, 0.15) is 16.8 Å². The first kappa shape index (κ1) is 43.7. The lowest BCUT2D eigenvalue weighted by Crippen LogP contribution is -2.54. The largest absolute Gasteiger partial charge is 0.494 e. The van der Waals surface area contributed by atoms with Crippen LogP contribution in [0.2, 0.25) is 5.02 Å². The number of aromatic nitrogens is 2. The molecule has 1 unspecified atom stereocenters. The average molecular weight is 899 g/mol. The zero-order valence-electron chi connectivity index (χ0n) is 35.4. The van der Waals surface area contributed by atoms with Crippen LogP contribution in [0.1, 0.15) is 59.2 Å². The molecule has 4 aliphatic heterocycles. The lowest BCUT2D eigenvalue weighted by atomic mass is 9.92. The van der Waals surface area contributed by atoms with Crippen LogP contribution in [0.3, 0.4) is 0 Å². The summed E-state index contributed by atoms with van der Waals surface area (Å²) in [4.78, 5) is 65.8. The highest BCUT2D eigenvalue weighted by Crippen LogP contribution is 2.37. The van der Waals surface area contributed by atoms with Crippen LogP contribution in [0.15, 0.2) is 66.9 Å². The molecule has 4 aromatic rings. The van der Waals surface area contributed by atoms with Crippen LogP contribution in [0.5, 0.6) is 5.75 Å². The molecule has 19 heteroatoms. The number of carbonyl (C=O) groups is 4. The van der Waals surface area contributed by atoms with Crippen molar-refractivity contribution in [2.45, 2.75) is 44.6 Å². The topological polar surface area (TPSA) is 199 Å². The summed E-state index contributed by atoms with van der Waals surface area (Å²) in [5.41, 5.74) is 3.85. The van der Waals surface area contributed by atoms with Gasteiger partial charge in [-0.2, -0.15) is 4.98 Å². The minimum absolute atomic E-state index is 0.0807. The molecular weight excluding hydrogens is 848 g/mol. The number of halogens is 1. The Morgan fingerprint density at radius 2 is 1.60 bits per heavy atom. The van der Waals surface area contributed by atoms with Crippen molar-refractivity contribution in [3.8, 4) is 5.75 Å². The zero-order chi connectivity index (χ0) is 44.4. The van der Waals surface area contributed by atoms with Gasteiger partial charge in [-0.15, -0.1) is 0 Å². The van der Waals surface area contributed by atoms with E-state index in [1.807, 2.05) is 12.1 Å². The van der Waals surface area contributed by atoms with E-state index in [1.54, 1.807) is 49.6 Å². The smallest absolute Gasteiger partial charge is 0.264 e. The van der Waals surface area contributed by atoms with E-state index >= 15 is 0 Å². The van der Waals surface area contributed by atoms with E-state index in [4.69, 9.17) is 16.3 Å². The summed E-state index contributed by atoms with van der Waals surface area (Å²) in [6.07, 6.45) is 7.00. The number of sulfonamides is 1. The van der Waals surface area contributed by atoms with Gasteiger partial charge in [-0.3, -0.25) is 33.7 Å². The SMILES string of the molecule is COc1cc(N2CCC(CN3CCC(CNc4cccc5c4C(=O)N(C4CCC(=O)NC4=O)C5=O)CC3)CC2)ccc1Nc1ncc(Cl)c(Nc2ccccc2N(C)S(C)(=O)=O)n1. The molecule has 4 aliphatic rings. The zero-order valence-corrected chi connectivity index (χ0v) is 37.0. The molecule has 3 fully saturated rings. The third-order valence-corrected chi connectivity index (χ3v) is 13.9. The molecule has 1 aromatic heterocycles. The fraction of sp³-hybridized carbons (Fsp3) is 0.409. The maximum absolute atomic E-state index is 13.5. The van der Waals surface area contributed by atoms with Crippen molar-refractivity contribution in [2.75, 3.05) is 84.8 Å². The number of imide groups is 2. The Morgan fingerprint density at radius 3 is 2.33 bits per heavy atom. The van der Waals surface area contributed by atoms with E-state index in [0.717, 1.165) is 75.3 Å². The Labute approximate surface area is 371 Å². The van der Waals surface area contributed by atoms with Crippen LogP contribution >= 0.6 is 11.6 Å². The van der Waals surface area contributed by atoms with Gasteiger partial charge in [-0.1, -0.05) is 29.8 Å². The highest BCUT2D eigenvalue weighted by molar-refractivity contribution is 7.92. The van der Waals surface area contributed by atoms with Crippen molar-refractivity contribution < 1.29 is 32.3 Å². The minimum Gasteiger partial charge on any atom is -0.494 e. The molecular formula is C44H51ClN10O7S. The maximum atomic E-state index is 13.5. The predicted octanol–water partition coefficient (Wildman–Crippen LogP) is 5.46. The molecule has 4 amide bonds. The number of hydrogen-bond donors (Lipinski definition) is 4. The summed E-state index contributed by atoms with van der Waals surface area (Å²) in [6, 6.07) is 17.2. The summed E-state index contributed by atoms with van der Waals surface area (Å²) in [7, 11) is -0.407. The number of rotatable bonds is 14. The molecule has 63 heavy (non-hydrogen) atoms. The van der Waals surface area contributed by atoms with Crippen molar-refractivity contribution in [1.29, 1.82) is 0 Å². The van der Waals surface area contributed by atoms with E-state index in [2.05, 4.69) is 47.1 Å². The van der Waals surface area contributed by atoms with E-state index in [0.29, 0.717) is 58.3 Å². The van der Waals surface area contributed by atoms with E-state index in [1.165, 1.54) is 17.5 Å². The third-order valence-electron chi connectivity index (χ3n) is 12.4. The maximum Gasteiger partial charge on any atom is 0.264 e. The van der Waals surface area contributed by atoms with Gasteiger partial charge in [0.2, 0.25) is 27.8 Å². The number of benzene rings is 3. The van der Waals surface area contributed by atoms with Gasteiger partial charge in [0, 0.05) is 57.1 Å². The highest BCUT2D eigenvalue weighted by Gasteiger charge is 2.45. The Balaban J connectivity index is 0.808. The lowest BCUT2D eigenvalue weighted by Gasteiger charge is -2.38. The number of nitrogens with zero attached hydrogens (tertiary/aromatic N) is 6. The van der Waals surface area contributed by atoms with E-state index in [9.17, 15) is 27.6 Å². The van der Waals surface area contributed by atoms with Crippen molar-refractivity contribution in [3.05, 3.63) is 83.0 Å². The number of nitrogens with one attached hydrogen (secondary N) is 4. The molecule has 8 rings (SSSR count). The second-order valence-corrected chi connectivity index (χ2v) is 18.9. The first-order valence-electron chi connectivity index (χ1n) is 21.1. The number of amides is 4. The van der Waals surface area contributed by atoms with Gasteiger partial charge < -0.3 is 30.5 Å². The monoisotopic (exact) mass is 898 g/mol. The number of hydrogen-bond acceptors (Lipinski definition) is 14. The van der Waals surface area contributed by atoms with Gasteiger partial charge in [-0.25, -0.2) is 13.4 Å². The molecule has 0 bridgehead atoms. The summed E-state index contributed by atoms with van der Waals surface area (Å²) >= 11 is 6.47. The number of piperidine rings is 3. The third kappa shape index (κ3) is 9.52. The van der Waals surface area contributed by atoms with Gasteiger partial charge in [0.15, 0.2) is 5.82 Å². The molecule has 4 N–H and O–H groups in total. The van der Waals surface area contributed by atoms with Crippen LogP contribution in [0, 0.1) is 11.8 Å². The number of methoxy groups -OCH3 is 1. The molecule has 5 heterocycles. The number of para-hydroxylation sites is 2. The van der Waals surface area contributed by atoms with E-state index < -0.39 is 39.7 Å². The van der Waals surface area contributed by atoms with Crippen molar-refractivity contribution in [2.24, 2.45) is 11.8 Å². The number of likely N-dealkylation sites (tertiary alicyclic amines) is 1. The molecule has 0 saturated carbocycles. The number of anilines is 7. The number of ether oxygens (including phenoxy) is 1. The van der Waals surface area contributed by atoms with Gasteiger partial charge in [-0.05, 0) is 93.4 Å². The van der Waals surface area contributed by atoms with Gasteiger partial charge in [0.25, 0.3) is 11.8 Å². The van der Waals surface area contributed by atoms with Crippen LogP contribution in [-0.2, 0) is 19.6 Å². The molecule has 0 spiro atoms. The van der Waals surface area contributed by atoms with Gasteiger partial charge in [0.05, 0.1) is 47.8 Å². The summed E-state index contributed by atoms with van der Waals surface area (Å²) in [6.45, 7) is 5.57. The highest BCUT2D eigenvalue weighted by atomic mass is 35.5. The molecule has 17 nitrogen and oxygen atoms in total. The molecule has 3 aromatic carbocycles. The van der Waals surface area contributed by atoms with Crippen molar-refractivity contribution in [3.63, 3.8) is 0 Å². The first-order valence-corrected chi connectivity index (χ1v) is 23.3. The van der Waals surface area contributed by atoms with Crippen molar-refractivity contribution >= 4 is 85.5 Å². The lowest BCUT2D eigenvalue weighted by molar-refractivity contribution is -0.136. The van der Waals surface area contributed by atoms with Crippen molar-refractivity contribution in [1.82, 2.24) is 25.1 Å². The fourth-order valence-corrected chi connectivity index (χ4v) is 9.46. The second-order valence-electron chi connectivity index (χ2n) is 16.5. The minimum atomic E-state index is -3.51. The fourth-order valence-electron chi connectivity index (χ4n) is 8.80. The van der Waals surface area contributed by atoms with Gasteiger partial charge >= 0.3 is 0 Å². The van der Waals surface area contributed by atoms with Crippen LogP contribution in [0.4, 0.5) is 40.2 Å². The van der Waals surface area contributed by atoms with E-state index in [-0.39, 0.29) is 29.4 Å². The number of carbonyl (C=O) groups excluding carboxylic acids is 4. The summed E-state index contributed by atoms with van der Waals surface area (Å²) in [5.74, 6) is 0.183. The van der Waals surface area contributed by atoms with Crippen LogP contribution < -0.4 is 35.2 Å². The number of fused-ring (bicyclic) bond motifs is 1. The molecule has 0 aliphatic carbocycles. The summed E-state index contributed by atoms with van der Waals surface area (Å²) < 4.78 is 31.5. The standard InChI is InChI=1S/C44H51ClN10O7S/c1-52(63(3,60)61)35-10-5-4-8-32(35)48-40-31(45)25-47-44(51-40)49-33-12-11-29(23-37(33)62-2)54-21-17-28(18-22-54)26-53-19-15-27(16-20-53)24-46-34-9-6-7-30-39(34)43(59)55(42(30)58)36-13-14-38(56)50-41(36)57/h4-12,23,25,27-28,36,46H,13-22,24,26H2,1-3H3,(H,50,56,57)(H2,47,48,49,51). The summed E-state index contributed by atoms with van der Waals surface area (Å²) in [5, 5.41) is 12.4. The quantitative estimate of drug-likeness (QED) is 0.116. The molecule has 332 valence electrons. The Morgan fingerprint density at radius 1 is 0.873 bits per heavy atom.